The van der Waals surface area contributed by atoms with Gasteiger partial charge in [-0.3, -0.25) is 0 Å². The summed E-state index contributed by atoms with van der Waals surface area (Å²) in [6.07, 6.45) is 6.61. The highest BCUT2D eigenvalue weighted by atomic mass is 15.1. The molecule has 0 heterocycles. The smallest absolute Gasteiger partial charge is 0.0546 e. The molecule has 10 aromatic carbocycles. The van der Waals surface area contributed by atoms with Crippen molar-refractivity contribution in [1.29, 1.82) is 0 Å². The van der Waals surface area contributed by atoms with Gasteiger partial charge in [0.05, 0.1) is 5.69 Å². The standard InChI is InChI=1S/C65H54N2/c1-65(2)61-27-14-13-26-59(61)60-40-39-57(44-62(60)65)66(53-34-28-47(29-35-53)45-16-5-3-6-17-45)55-24-15-23-52(42-55)48-30-36-54(37-31-48)67(56-38-32-46-18-9-10-22-51(46)43-56)63-41-33-49-19-11-12-25-58(49)64(63)50-20-7-4-8-21-50/h4,7-15,18-45H,3,5-6,16-17H2,1-2H3. The van der Waals surface area contributed by atoms with Gasteiger partial charge in [-0.2, -0.15) is 0 Å². The van der Waals surface area contributed by atoms with Crippen molar-refractivity contribution in [3.05, 3.63) is 241 Å². The first kappa shape index (κ1) is 40.8. The van der Waals surface area contributed by atoms with Crippen molar-refractivity contribution in [3.8, 4) is 33.4 Å². The lowest BCUT2D eigenvalue weighted by molar-refractivity contribution is 0.443. The third kappa shape index (κ3) is 7.38. The fourth-order valence-corrected chi connectivity index (χ4v) is 11.3. The average molecular weight is 863 g/mol. The molecule has 12 rings (SSSR count). The summed E-state index contributed by atoms with van der Waals surface area (Å²) >= 11 is 0. The molecule has 0 bridgehead atoms. The lowest BCUT2D eigenvalue weighted by atomic mass is 9.82. The maximum Gasteiger partial charge on any atom is 0.0546 e. The van der Waals surface area contributed by atoms with E-state index in [0.717, 1.165) is 22.7 Å². The fraction of sp³-hybridized carbons (Fsp3) is 0.138. The Hall–Kier alpha value is -7.68. The summed E-state index contributed by atoms with van der Waals surface area (Å²) in [5.74, 6) is 0.658. The summed E-state index contributed by atoms with van der Waals surface area (Å²) in [5, 5.41) is 4.90. The fourth-order valence-electron chi connectivity index (χ4n) is 11.3. The predicted molar refractivity (Wildman–Crippen MR) is 285 cm³/mol. The third-order valence-electron chi connectivity index (χ3n) is 14.8. The van der Waals surface area contributed by atoms with Gasteiger partial charge in [-0.15, -0.1) is 0 Å². The second-order valence-corrected chi connectivity index (χ2v) is 19.2. The second kappa shape index (κ2) is 17.0. The van der Waals surface area contributed by atoms with Gasteiger partial charge >= 0.3 is 0 Å². The van der Waals surface area contributed by atoms with Gasteiger partial charge in [-0.05, 0) is 152 Å². The largest absolute Gasteiger partial charge is 0.310 e. The molecular formula is C65H54N2. The Morgan fingerprint density at radius 3 is 1.79 bits per heavy atom. The summed E-state index contributed by atoms with van der Waals surface area (Å²) in [6.45, 7) is 4.75. The van der Waals surface area contributed by atoms with Crippen molar-refractivity contribution >= 4 is 55.7 Å². The Morgan fingerprint density at radius 2 is 0.970 bits per heavy atom. The van der Waals surface area contributed by atoms with Crippen molar-refractivity contribution < 1.29 is 0 Å². The minimum atomic E-state index is -0.0997. The number of rotatable bonds is 9. The van der Waals surface area contributed by atoms with E-state index in [4.69, 9.17) is 0 Å². The van der Waals surface area contributed by atoms with Gasteiger partial charge in [0.25, 0.3) is 0 Å². The molecule has 2 heteroatoms. The van der Waals surface area contributed by atoms with Gasteiger partial charge in [0.2, 0.25) is 0 Å². The van der Waals surface area contributed by atoms with Crippen molar-refractivity contribution in [2.24, 2.45) is 0 Å². The molecule has 67 heavy (non-hydrogen) atoms. The van der Waals surface area contributed by atoms with E-state index in [0.29, 0.717) is 5.92 Å². The molecule has 324 valence electrons. The topological polar surface area (TPSA) is 6.48 Å². The van der Waals surface area contributed by atoms with Gasteiger partial charge in [0, 0.05) is 39.4 Å². The van der Waals surface area contributed by atoms with Crippen LogP contribution in [-0.4, -0.2) is 0 Å². The Kier molecular flexibility index (Phi) is 10.3. The summed E-state index contributed by atoms with van der Waals surface area (Å²) in [6, 6.07) is 83.5. The summed E-state index contributed by atoms with van der Waals surface area (Å²) in [7, 11) is 0. The predicted octanol–water partition coefficient (Wildman–Crippen LogP) is 18.6. The molecular weight excluding hydrogens is 809 g/mol. The van der Waals surface area contributed by atoms with E-state index in [9.17, 15) is 0 Å². The van der Waals surface area contributed by atoms with Crippen LogP contribution in [0.4, 0.5) is 34.1 Å². The second-order valence-electron chi connectivity index (χ2n) is 19.2. The van der Waals surface area contributed by atoms with Crippen molar-refractivity contribution in [2.75, 3.05) is 9.80 Å². The number of benzene rings is 10. The lowest BCUT2D eigenvalue weighted by Crippen LogP contribution is -2.16. The minimum absolute atomic E-state index is 0.0997. The van der Waals surface area contributed by atoms with Crippen LogP contribution in [0.2, 0.25) is 0 Å². The molecule has 0 aromatic heterocycles. The SMILES string of the molecule is CC1(C)c2ccccc2-c2ccc(N(c3ccc(C4CCCCC4)cc3)c3cccc(-c4ccc(N(c5ccc6ccccc6c5)c5ccc6ccccc6c5-c5ccccc5)cc4)c3)cc21. The zero-order chi connectivity index (χ0) is 44.9. The molecule has 0 amide bonds. The average Bonchev–Trinajstić information content (AvgIpc) is 3.62. The van der Waals surface area contributed by atoms with Crippen molar-refractivity contribution in [2.45, 2.75) is 57.3 Å². The molecule has 0 radical (unpaired) electrons. The van der Waals surface area contributed by atoms with Crippen LogP contribution in [0.5, 0.6) is 0 Å². The van der Waals surface area contributed by atoms with Gasteiger partial charge in [0.1, 0.15) is 0 Å². The first-order valence-electron chi connectivity index (χ1n) is 24.2. The zero-order valence-corrected chi connectivity index (χ0v) is 38.4. The van der Waals surface area contributed by atoms with Crippen molar-refractivity contribution in [1.82, 2.24) is 0 Å². The van der Waals surface area contributed by atoms with Crippen LogP contribution in [0.25, 0.3) is 54.9 Å². The molecule has 2 aliphatic rings. The zero-order valence-electron chi connectivity index (χ0n) is 38.4. The third-order valence-corrected chi connectivity index (χ3v) is 14.8. The lowest BCUT2D eigenvalue weighted by Gasteiger charge is -2.29. The molecule has 0 spiro atoms. The van der Waals surface area contributed by atoms with Crippen LogP contribution in [-0.2, 0) is 5.41 Å². The van der Waals surface area contributed by atoms with Crippen LogP contribution in [0.3, 0.4) is 0 Å². The molecule has 0 atom stereocenters. The number of fused-ring (bicyclic) bond motifs is 5. The van der Waals surface area contributed by atoms with E-state index >= 15 is 0 Å². The molecule has 0 aliphatic heterocycles. The molecule has 1 saturated carbocycles. The van der Waals surface area contributed by atoms with Gasteiger partial charge in [0.15, 0.2) is 0 Å². The minimum Gasteiger partial charge on any atom is -0.310 e. The molecule has 2 aliphatic carbocycles. The highest BCUT2D eigenvalue weighted by molar-refractivity contribution is 6.06. The Morgan fingerprint density at radius 1 is 0.373 bits per heavy atom. The van der Waals surface area contributed by atoms with Crippen LogP contribution in [0.1, 0.15) is 68.6 Å². The summed E-state index contributed by atoms with van der Waals surface area (Å²) < 4.78 is 0. The molecule has 10 aromatic rings. The van der Waals surface area contributed by atoms with Crippen molar-refractivity contribution in [3.63, 3.8) is 0 Å². The number of hydrogen-bond acceptors (Lipinski definition) is 2. The highest BCUT2D eigenvalue weighted by Gasteiger charge is 2.36. The van der Waals surface area contributed by atoms with E-state index in [-0.39, 0.29) is 5.41 Å². The summed E-state index contributed by atoms with van der Waals surface area (Å²) in [5.41, 5.74) is 18.4. The molecule has 0 unspecified atom stereocenters. The molecule has 0 N–H and O–H groups in total. The first-order chi connectivity index (χ1) is 33.0. The van der Waals surface area contributed by atoms with E-state index < -0.39 is 0 Å². The van der Waals surface area contributed by atoms with E-state index in [1.807, 2.05) is 0 Å². The highest BCUT2D eigenvalue weighted by Crippen LogP contribution is 2.51. The summed E-state index contributed by atoms with van der Waals surface area (Å²) in [4.78, 5) is 4.90. The molecule has 2 nitrogen and oxygen atoms in total. The van der Waals surface area contributed by atoms with E-state index in [2.05, 4.69) is 248 Å². The van der Waals surface area contributed by atoms with Gasteiger partial charge in [-0.1, -0.05) is 191 Å². The molecule has 1 fully saturated rings. The molecule has 0 saturated heterocycles. The Bertz CT molecular complexity index is 3410. The first-order valence-corrected chi connectivity index (χ1v) is 24.2. The van der Waals surface area contributed by atoms with Crippen LogP contribution < -0.4 is 9.80 Å². The Balaban J connectivity index is 0.960. The van der Waals surface area contributed by atoms with Gasteiger partial charge < -0.3 is 9.80 Å². The number of anilines is 6. The van der Waals surface area contributed by atoms with Crippen LogP contribution in [0.15, 0.2) is 224 Å². The normalized spacial score (nSPS) is 14.2. The van der Waals surface area contributed by atoms with Gasteiger partial charge in [-0.25, -0.2) is 0 Å². The maximum atomic E-state index is 2.47. The number of nitrogens with zero attached hydrogens (tertiary/aromatic N) is 2. The monoisotopic (exact) mass is 862 g/mol. The van der Waals surface area contributed by atoms with Crippen LogP contribution >= 0.6 is 0 Å². The van der Waals surface area contributed by atoms with E-state index in [1.165, 1.54) is 115 Å². The van der Waals surface area contributed by atoms with Crippen LogP contribution in [0, 0.1) is 0 Å². The number of hydrogen-bond donors (Lipinski definition) is 0. The quantitative estimate of drug-likeness (QED) is 0.143. The van der Waals surface area contributed by atoms with E-state index in [1.54, 1.807) is 0 Å². The maximum absolute atomic E-state index is 2.47. The Labute approximate surface area is 395 Å².